The van der Waals surface area contributed by atoms with E-state index in [0.717, 1.165) is 0 Å². The van der Waals surface area contributed by atoms with Crippen molar-refractivity contribution in [1.82, 2.24) is 0 Å². The maximum atomic E-state index is 12.9. The Morgan fingerprint density at radius 3 is 2.44 bits per heavy atom. The lowest BCUT2D eigenvalue weighted by molar-refractivity contribution is 0.394. The molecule has 0 heterocycles. The van der Waals surface area contributed by atoms with Gasteiger partial charge in [0.25, 0.3) is 0 Å². The Labute approximate surface area is 163 Å². The fourth-order valence-corrected chi connectivity index (χ4v) is 4.70. The molecule has 0 aromatic heterocycles. The summed E-state index contributed by atoms with van der Waals surface area (Å²) in [6.45, 7) is 0. The molecule has 2 rings (SSSR count). The van der Waals surface area contributed by atoms with Crippen molar-refractivity contribution in [3.8, 4) is 17.6 Å². The quantitative estimate of drug-likeness (QED) is 0.578. The summed E-state index contributed by atoms with van der Waals surface area (Å²) >= 11 is 6.46. The lowest BCUT2D eigenvalue weighted by Gasteiger charge is -2.09. The van der Waals surface area contributed by atoms with Crippen LogP contribution in [0.3, 0.4) is 0 Å². The minimum absolute atomic E-state index is 0.00199. The second-order valence-electron chi connectivity index (χ2n) is 4.81. The minimum Gasteiger partial charge on any atom is -0.497 e. The summed E-state index contributed by atoms with van der Waals surface area (Å²) < 4.78 is 37.0. The number of rotatable bonds is 5. The molecule has 8 heteroatoms. The standard InChI is InChI=1S/C17H13Br2NO4S/c1-23-13-5-3-11(16(9-13)24-2)7-14(10-20)25(21,22)17-8-12(18)4-6-15(17)19/h3-9H,1-2H3/b14-7+. The lowest BCUT2D eigenvalue weighted by atomic mass is 10.2. The molecular formula is C17H13Br2NO4S. The van der Waals surface area contributed by atoms with Crippen molar-refractivity contribution in [1.29, 1.82) is 5.26 Å². The van der Waals surface area contributed by atoms with Crippen LogP contribution in [0, 0.1) is 11.3 Å². The van der Waals surface area contributed by atoms with Crippen molar-refractivity contribution < 1.29 is 17.9 Å². The summed E-state index contributed by atoms with van der Waals surface area (Å²) in [6.07, 6.45) is 1.28. The average Bonchev–Trinajstić information content (AvgIpc) is 2.61. The number of sulfone groups is 1. The van der Waals surface area contributed by atoms with Crippen LogP contribution in [0.5, 0.6) is 11.5 Å². The van der Waals surface area contributed by atoms with Crippen LogP contribution in [0.15, 0.2) is 55.1 Å². The molecule has 2 aromatic carbocycles. The molecule has 0 fully saturated rings. The molecule has 2 aromatic rings. The Bertz CT molecular complexity index is 979. The maximum Gasteiger partial charge on any atom is 0.217 e. The highest BCUT2D eigenvalue weighted by Gasteiger charge is 2.24. The Morgan fingerprint density at radius 1 is 1.12 bits per heavy atom. The van der Waals surface area contributed by atoms with Gasteiger partial charge in [-0.15, -0.1) is 0 Å². The van der Waals surface area contributed by atoms with Crippen LogP contribution in [0.1, 0.15) is 5.56 Å². The SMILES string of the molecule is COc1ccc(/C=C(\C#N)S(=O)(=O)c2cc(Br)ccc2Br)c(OC)c1. The van der Waals surface area contributed by atoms with Gasteiger partial charge in [0.2, 0.25) is 9.84 Å². The highest BCUT2D eigenvalue weighted by molar-refractivity contribution is 9.11. The molecule has 0 saturated carbocycles. The normalized spacial score (nSPS) is 11.7. The van der Waals surface area contributed by atoms with Gasteiger partial charge >= 0.3 is 0 Å². The van der Waals surface area contributed by atoms with Crippen molar-refractivity contribution >= 4 is 47.8 Å². The molecule has 0 atom stereocenters. The van der Waals surface area contributed by atoms with Crippen molar-refractivity contribution in [2.45, 2.75) is 4.90 Å². The molecule has 0 unspecified atom stereocenters. The topological polar surface area (TPSA) is 76.4 Å². The van der Waals surface area contributed by atoms with E-state index in [1.165, 1.54) is 26.4 Å². The van der Waals surface area contributed by atoms with Gasteiger partial charge < -0.3 is 9.47 Å². The van der Waals surface area contributed by atoms with Gasteiger partial charge in [-0.3, -0.25) is 0 Å². The first-order chi connectivity index (χ1) is 11.8. The highest BCUT2D eigenvalue weighted by Crippen LogP contribution is 2.32. The van der Waals surface area contributed by atoms with Crippen LogP contribution in [0.2, 0.25) is 0 Å². The smallest absolute Gasteiger partial charge is 0.217 e. The molecule has 5 nitrogen and oxygen atoms in total. The number of halogens is 2. The Hall–Kier alpha value is -1.82. The second kappa shape index (κ2) is 8.04. The van der Waals surface area contributed by atoms with Crippen molar-refractivity contribution in [2.75, 3.05) is 14.2 Å². The zero-order chi connectivity index (χ0) is 18.6. The van der Waals surface area contributed by atoms with Gasteiger partial charge in [0, 0.05) is 20.6 Å². The number of ether oxygens (including phenoxy) is 2. The van der Waals surface area contributed by atoms with E-state index in [1.807, 2.05) is 0 Å². The molecule has 0 spiro atoms. The first-order valence-corrected chi connectivity index (χ1v) is 9.94. The summed E-state index contributed by atoms with van der Waals surface area (Å²) in [5, 5.41) is 9.42. The first kappa shape index (κ1) is 19.5. The number of nitrogens with zero attached hydrogens (tertiary/aromatic N) is 1. The number of methoxy groups -OCH3 is 2. The summed E-state index contributed by atoms with van der Waals surface area (Å²) in [7, 11) is -1.04. The Balaban J connectivity index is 2.61. The molecule has 0 aliphatic rings. The predicted molar refractivity (Wildman–Crippen MR) is 102 cm³/mol. The van der Waals surface area contributed by atoms with Gasteiger partial charge in [-0.2, -0.15) is 5.26 Å². The summed E-state index contributed by atoms with van der Waals surface area (Å²) in [6, 6.07) is 11.4. The molecule has 0 N–H and O–H groups in total. The van der Waals surface area contributed by atoms with Crippen LogP contribution in [-0.4, -0.2) is 22.6 Å². The van der Waals surface area contributed by atoms with Crippen LogP contribution in [0.4, 0.5) is 0 Å². The van der Waals surface area contributed by atoms with E-state index >= 15 is 0 Å². The summed E-state index contributed by atoms with van der Waals surface area (Å²) in [4.78, 5) is -0.392. The van der Waals surface area contributed by atoms with E-state index in [0.29, 0.717) is 26.0 Å². The van der Waals surface area contributed by atoms with Crippen LogP contribution >= 0.6 is 31.9 Å². The molecule has 0 amide bonds. The Morgan fingerprint density at radius 2 is 1.84 bits per heavy atom. The van der Waals surface area contributed by atoms with E-state index in [4.69, 9.17) is 9.47 Å². The number of allylic oxidation sites excluding steroid dienone is 1. The van der Waals surface area contributed by atoms with Crippen molar-refractivity contribution in [3.63, 3.8) is 0 Å². The maximum absolute atomic E-state index is 12.9. The van der Waals surface area contributed by atoms with Crippen molar-refractivity contribution in [3.05, 3.63) is 55.8 Å². The fraction of sp³-hybridized carbons (Fsp3) is 0.118. The van der Waals surface area contributed by atoms with Crippen LogP contribution in [0.25, 0.3) is 6.08 Å². The van der Waals surface area contributed by atoms with E-state index in [9.17, 15) is 13.7 Å². The fourth-order valence-electron chi connectivity index (χ4n) is 2.05. The minimum atomic E-state index is -4.01. The average molecular weight is 487 g/mol. The number of hydrogen-bond donors (Lipinski definition) is 0. The zero-order valence-corrected chi connectivity index (χ0v) is 17.3. The third-order valence-corrected chi connectivity index (χ3v) is 6.46. The molecule has 0 radical (unpaired) electrons. The van der Waals surface area contributed by atoms with E-state index < -0.39 is 14.7 Å². The van der Waals surface area contributed by atoms with E-state index in [1.54, 1.807) is 36.4 Å². The second-order valence-corrected chi connectivity index (χ2v) is 8.46. The predicted octanol–water partition coefficient (Wildman–Crippen LogP) is 4.57. The molecule has 0 bridgehead atoms. The van der Waals surface area contributed by atoms with Gasteiger partial charge in [0.1, 0.15) is 22.5 Å². The van der Waals surface area contributed by atoms with Gasteiger partial charge in [0.05, 0.1) is 19.1 Å². The van der Waals surface area contributed by atoms with Gasteiger partial charge in [0.15, 0.2) is 0 Å². The van der Waals surface area contributed by atoms with E-state index in [-0.39, 0.29) is 4.90 Å². The Kier molecular flexibility index (Phi) is 6.27. The molecule has 0 aliphatic heterocycles. The van der Waals surface area contributed by atoms with Crippen LogP contribution < -0.4 is 9.47 Å². The van der Waals surface area contributed by atoms with Gasteiger partial charge in [-0.25, -0.2) is 8.42 Å². The molecule has 0 saturated heterocycles. The third-order valence-electron chi connectivity index (χ3n) is 3.31. The number of benzene rings is 2. The molecule has 130 valence electrons. The van der Waals surface area contributed by atoms with E-state index in [2.05, 4.69) is 31.9 Å². The van der Waals surface area contributed by atoms with Crippen molar-refractivity contribution in [2.24, 2.45) is 0 Å². The summed E-state index contributed by atoms with van der Waals surface area (Å²) in [5.41, 5.74) is 0.453. The monoisotopic (exact) mass is 485 g/mol. The molecule has 0 aliphatic carbocycles. The third kappa shape index (κ3) is 4.24. The zero-order valence-electron chi connectivity index (χ0n) is 13.3. The van der Waals surface area contributed by atoms with Gasteiger partial charge in [-0.05, 0) is 52.3 Å². The molecule has 25 heavy (non-hydrogen) atoms. The largest absolute Gasteiger partial charge is 0.497 e. The number of hydrogen-bond acceptors (Lipinski definition) is 5. The lowest BCUT2D eigenvalue weighted by Crippen LogP contribution is -2.05. The number of nitriles is 1. The molecular weight excluding hydrogens is 474 g/mol. The summed E-state index contributed by atoms with van der Waals surface area (Å²) in [5.74, 6) is 0.959. The highest BCUT2D eigenvalue weighted by atomic mass is 79.9. The van der Waals surface area contributed by atoms with Crippen LogP contribution in [-0.2, 0) is 9.84 Å². The first-order valence-electron chi connectivity index (χ1n) is 6.87. The van der Waals surface area contributed by atoms with Gasteiger partial charge in [-0.1, -0.05) is 15.9 Å².